The molecule has 1 aliphatic heterocycles. The Kier molecular flexibility index (Phi) is 6.10. The van der Waals surface area contributed by atoms with Crippen molar-refractivity contribution in [2.75, 3.05) is 26.3 Å². The standard InChI is InChI=1S/C18H27NO3/c1-4-12-22-16-7-6-15(13-17(16)21-5-2)18(20)19-10-8-14(3)9-11-19/h6-7,13-14H,4-5,8-12H2,1-3H3. The Morgan fingerprint density at radius 3 is 2.55 bits per heavy atom. The summed E-state index contributed by atoms with van der Waals surface area (Å²) in [4.78, 5) is 14.6. The summed E-state index contributed by atoms with van der Waals surface area (Å²) in [5, 5.41) is 0. The lowest BCUT2D eigenvalue weighted by Gasteiger charge is -2.30. The number of amides is 1. The van der Waals surface area contributed by atoms with Crippen LogP contribution in [-0.4, -0.2) is 37.1 Å². The maximum absolute atomic E-state index is 12.6. The van der Waals surface area contributed by atoms with E-state index in [4.69, 9.17) is 9.47 Å². The molecule has 0 bridgehead atoms. The molecule has 0 spiro atoms. The molecule has 2 rings (SSSR count). The van der Waals surface area contributed by atoms with Gasteiger partial charge in [0.05, 0.1) is 13.2 Å². The largest absolute Gasteiger partial charge is 0.490 e. The van der Waals surface area contributed by atoms with Crippen molar-refractivity contribution < 1.29 is 14.3 Å². The van der Waals surface area contributed by atoms with Crippen molar-refractivity contribution in [3.63, 3.8) is 0 Å². The van der Waals surface area contributed by atoms with Crippen molar-refractivity contribution in [2.45, 2.75) is 40.0 Å². The lowest BCUT2D eigenvalue weighted by molar-refractivity contribution is 0.0696. The van der Waals surface area contributed by atoms with Crippen LogP contribution < -0.4 is 9.47 Å². The zero-order valence-electron chi connectivity index (χ0n) is 13.9. The summed E-state index contributed by atoms with van der Waals surface area (Å²) in [5.41, 5.74) is 0.682. The maximum Gasteiger partial charge on any atom is 0.253 e. The summed E-state index contributed by atoms with van der Waals surface area (Å²) in [6, 6.07) is 5.50. The molecule has 0 radical (unpaired) electrons. The minimum absolute atomic E-state index is 0.0925. The second-order valence-electron chi connectivity index (χ2n) is 5.92. The highest BCUT2D eigenvalue weighted by Gasteiger charge is 2.22. The van der Waals surface area contributed by atoms with Crippen molar-refractivity contribution in [3.05, 3.63) is 23.8 Å². The minimum Gasteiger partial charge on any atom is -0.490 e. The molecule has 0 aliphatic carbocycles. The second-order valence-corrected chi connectivity index (χ2v) is 5.92. The van der Waals surface area contributed by atoms with Crippen molar-refractivity contribution in [1.82, 2.24) is 4.90 Å². The van der Waals surface area contributed by atoms with E-state index in [1.54, 1.807) is 0 Å². The molecule has 4 nitrogen and oxygen atoms in total. The van der Waals surface area contributed by atoms with E-state index in [1.807, 2.05) is 30.0 Å². The Morgan fingerprint density at radius 1 is 1.18 bits per heavy atom. The summed E-state index contributed by atoms with van der Waals surface area (Å²) in [5.74, 6) is 2.18. The van der Waals surface area contributed by atoms with Gasteiger partial charge in [-0.25, -0.2) is 0 Å². The first kappa shape index (κ1) is 16.7. The number of benzene rings is 1. The zero-order valence-corrected chi connectivity index (χ0v) is 13.9. The van der Waals surface area contributed by atoms with Crippen LogP contribution in [0.5, 0.6) is 11.5 Å². The summed E-state index contributed by atoms with van der Waals surface area (Å²) >= 11 is 0. The number of hydrogen-bond donors (Lipinski definition) is 0. The van der Waals surface area contributed by atoms with Crippen molar-refractivity contribution >= 4 is 5.91 Å². The fourth-order valence-corrected chi connectivity index (χ4v) is 2.63. The molecule has 0 saturated carbocycles. The first-order chi connectivity index (χ1) is 10.7. The average molecular weight is 305 g/mol. The van der Waals surface area contributed by atoms with Crippen molar-refractivity contribution in [2.24, 2.45) is 5.92 Å². The van der Waals surface area contributed by atoms with Gasteiger partial charge in [0.15, 0.2) is 11.5 Å². The van der Waals surface area contributed by atoms with E-state index >= 15 is 0 Å². The maximum atomic E-state index is 12.6. The van der Waals surface area contributed by atoms with Crippen molar-refractivity contribution in [3.8, 4) is 11.5 Å². The number of hydrogen-bond acceptors (Lipinski definition) is 3. The second kappa shape index (κ2) is 8.06. The Labute approximate surface area is 133 Å². The number of nitrogens with zero attached hydrogens (tertiary/aromatic N) is 1. The van der Waals surface area contributed by atoms with Gasteiger partial charge >= 0.3 is 0 Å². The Bertz CT molecular complexity index is 493. The van der Waals surface area contributed by atoms with E-state index in [1.165, 1.54) is 0 Å². The van der Waals surface area contributed by atoms with E-state index in [2.05, 4.69) is 13.8 Å². The Hall–Kier alpha value is -1.71. The van der Waals surface area contributed by atoms with E-state index < -0.39 is 0 Å². The van der Waals surface area contributed by atoms with Crippen LogP contribution in [0.25, 0.3) is 0 Å². The van der Waals surface area contributed by atoms with Crippen LogP contribution in [0.1, 0.15) is 50.4 Å². The quantitative estimate of drug-likeness (QED) is 0.803. The summed E-state index contributed by atoms with van der Waals surface area (Å²) in [6.07, 6.45) is 3.11. The third-order valence-electron chi connectivity index (χ3n) is 4.02. The van der Waals surface area contributed by atoms with Crippen LogP contribution in [0.3, 0.4) is 0 Å². The number of carbonyl (C=O) groups excluding carboxylic acids is 1. The molecule has 22 heavy (non-hydrogen) atoms. The first-order valence-electron chi connectivity index (χ1n) is 8.34. The highest BCUT2D eigenvalue weighted by Crippen LogP contribution is 2.29. The van der Waals surface area contributed by atoms with Crippen LogP contribution in [0.15, 0.2) is 18.2 Å². The summed E-state index contributed by atoms with van der Waals surface area (Å²) in [6.45, 7) is 9.14. The van der Waals surface area contributed by atoms with E-state index in [0.29, 0.717) is 36.2 Å². The molecule has 0 unspecified atom stereocenters. The first-order valence-corrected chi connectivity index (χ1v) is 8.34. The van der Waals surface area contributed by atoms with Gasteiger partial charge in [0.25, 0.3) is 5.91 Å². The number of ether oxygens (including phenoxy) is 2. The molecule has 1 amide bonds. The molecule has 1 aliphatic rings. The SMILES string of the molecule is CCCOc1ccc(C(=O)N2CCC(C)CC2)cc1OCC. The minimum atomic E-state index is 0.0925. The zero-order chi connectivity index (χ0) is 15.9. The predicted molar refractivity (Wildman–Crippen MR) is 87.7 cm³/mol. The van der Waals surface area contributed by atoms with Crippen LogP contribution in [0.2, 0.25) is 0 Å². The molecule has 1 fully saturated rings. The molecular weight excluding hydrogens is 278 g/mol. The molecule has 0 aromatic heterocycles. The summed E-state index contributed by atoms with van der Waals surface area (Å²) in [7, 11) is 0. The fraction of sp³-hybridized carbons (Fsp3) is 0.611. The van der Waals surface area contributed by atoms with Gasteiger partial charge in [-0.2, -0.15) is 0 Å². The lowest BCUT2D eigenvalue weighted by atomic mass is 9.98. The van der Waals surface area contributed by atoms with Gasteiger partial charge in [0.2, 0.25) is 0 Å². The van der Waals surface area contributed by atoms with Gasteiger partial charge < -0.3 is 14.4 Å². The van der Waals surface area contributed by atoms with Crippen LogP contribution >= 0.6 is 0 Å². The van der Waals surface area contributed by atoms with Crippen LogP contribution in [-0.2, 0) is 0 Å². The van der Waals surface area contributed by atoms with Crippen molar-refractivity contribution in [1.29, 1.82) is 0 Å². The van der Waals surface area contributed by atoms with Crippen LogP contribution in [0.4, 0.5) is 0 Å². The molecule has 1 saturated heterocycles. The molecular formula is C18H27NO3. The number of carbonyl (C=O) groups is 1. The average Bonchev–Trinajstić information content (AvgIpc) is 2.54. The molecule has 1 aromatic rings. The third-order valence-corrected chi connectivity index (χ3v) is 4.02. The molecule has 122 valence electrons. The highest BCUT2D eigenvalue weighted by molar-refractivity contribution is 5.95. The smallest absolute Gasteiger partial charge is 0.253 e. The highest BCUT2D eigenvalue weighted by atomic mass is 16.5. The number of rotatable bonds is 6. The Morgan fingerprint density at radius 2 is 1.91 bits per heavy atom. The monoisotopic (exact) mass is 305 g/mol. The summed E-state index contributed by atoms with van der Waals surface area (Å²) < 4.78 is 11.3. The molecule has 4 heteroatoms. The number of piperidine rings is 1. The van der Waals surface area contributed by atoms with E-state index in [9.17, 15) is 4.79 Å². The van der Waals surface area contributed by atoms with E-state index in [0.717, 1.165) is 32.4 Å². The van der Waals surface area contributed by atoms with Crippen LogP contribution in [0, 0.1) is 5.92 Å². The normalized spacial score (nSPS) is 15.7. The molecule has 0 N–H and O–H groups in total. The Balaban J connectivity index is 2.13. The fourth-order valence-electron chi connectivity index (χ4n) is 2.63. The van der Waals surface area contributed by atoms with Gasteiger partial charge in [-0.1, -0.05) is 13.8 Å². The number of likely N-dealkylation sites (tertiary alicyclic amines) is 1. The molecule has 0 atom stereocenters. The van der Waals surface area contributed by atoms with Gasteiger partial charge in [0, 0.05) is 18.7 Å². The topological polar surface area (TPSA) is 38.8 Å². The predicted octanol–water partition coefficient (Wildman–Crippen LogP) is 3.75. The van der Waals surface area contributed by atoms with Gasteiger partial charge in [-0.05, 0) is 50.3 Å². The van der Waals surface area contributed by atoms with Gasteiger partial charge in [0.1, 0.15) is 0 Å². The van der Waals surface area contributed by atoms with Gasteiger partial charge in [-0.3, -0.25) is 4.79 Å². The lowest BCUT2D eigenvalue weighted by Crippen LogP contribution is -2.37. The van der Waals surface area contributed by atoms with Gasteiger partial charge in [-0.15, -0.1) is 0 Å². The molecule has 1 aromatic carbocycles. The van der Waals surface area contributed by atoms with E-state index in [-0.39, 0.29) is 5.91 Å². The third kappa shape index (κ3) is 4.15. The molecule has 1 heterocycles.